The molecular weight excluding hydrogens is 368 g/mol. The largest absolute Gasteiger partial charge is 0.316 e. The lowest BCUT2D eigenvalue weighted by Gasteiger charge is -2.37. The maximum absolute atomic E-state index is 5.12. The van der Waals surface area contributed by atoms with Crippen LogP contribution in [0.3, 0.4) is 0 Å². The molecule has 1 N–H and O–H groups in total. The van der Waals surface area contributed by atoms with Gasteiger partial charge in [-0.1, -0.05) is 55.7 Å². The highest BCUT2D eigenvalue weighted by atomic mass is 15.2. The first-order chi connectivity index (χ1) is 14.7. The molecule has 1 aliphatic carbocycles. The lowest BCUT2D eigenvalue weighted by molar-refractivity contribution is 0.153. The van der Waals surface area contributed by atoms with Crippen LogP contribution in [0, 0.1) is 0 Å². The third-order valence-corrected chi connectivity index (χ3v) is 7.17. The van der Waals surface area contributed by atoms with Crippen molar-refractivity contribution in [2.45, 2.75) is 50.0 Å². The fourth-order valence-corrected chi connectivity index (χ4v) is 5.39. The maximum Gasteiger partial charge on any atom is 0.137 e. The van der Waals surface area contributed by atoms with Gasteiger partial charge in [-0.05, 0) is 55.8 Å². The minimum atomic E-state index is -0.000937. The van der Waals surface area contributed by atoms with E-state index in [4.69, 9.17) is 9.97 Å². The summed E-state index contributed by atoms with van der Waals surface area (Å²) in [5, 5.41) is 6.12. The molecule has 3 aromatic rings. The van der Waals surface area contributed by atoms with Crippen LogP contribution < -0.4 is 5.32 Å². The third kappa shape index (κ3) is 3.86. The quantitative estimate of drug-likeness (QED) is 0.668. The van der Waals surface area contributed by atoms with E-state index in [0.29, 0.717) is 6.04 Å². The van der Waals surface area contributed by atoms with Gasteiger partial charge in [0.2, 0.25) is 0 Å². The van der Waals surface area contributed by atoms with Crippen molar-refractivity contribution in [1.29, 1.82) is 0 Å². The van der Waals surface area contributed by atoms with E-state index in [2.05, 4.69) is 65.8 Å². The molecule has 1 saturated heterocycles. The highest BCUT2D eigenvalue weighted by Gasteiger charge is 2.40. The minimum absolute atomic E-state index is 0.000937. The van der Waals surface area contributed by atoms with Crippen molar-refractivity contribution in [3.63, 3.8) is 0 Å². The van der Waals surface area contributed by atoms with Gasteiger partial charge in [0.15, 0.2) is 0 Å². The molecular formula is C26H32N4. The molecule has 0 bridgehead atoms. The number of aromatic nitrogens is 2. The zero-order valence-electron chi connectivity index (χ0n) is 18.0. The molecule has 1 aromatic heterocycles. The van der Waals surface area contributed by atoms with Gasteiger partial charge in [0.05, 0.1) is 11.1 Å². The summed E-state index contributed by atoms with van der Waals surface area (Å²) in [6.07, 6.45) is 9.85. The Bertz CT molecular complexity index is 1000. The Hall–Kier alpha value is -2.30. The zero-order chi connectivity index (χ0) is 20.4. The summed E-state index contributed by atoms with van der Waals surface area (Å²) in [4.78, 5) is 12.5. The Morgan fingerprint density at radius 3 is 2.67 bits per heavy atom. The van der Waals surface area contributed by atoms with Gasteiger partial charge in [-0.3, -0.25) is 0 Å². The predicted octanol–water partition coefficient (Wildman–Crippen LogP) is 4.79. The molecule has 30 heavy (non-hydrogen) atoms. The summed E-state index contributed by atoms with van der Waals surface area (Å²) < 4.78 is 0. The van der Waals surface area contributed by atoms with Gasteiger partial charge in [-0.15, -0.1) is 0 Å². The van der Waals surface area contributed by atoms with Gasteiger partial charge in [0.1, 0.15) is 5.82 Å². The molecule has 0 amide bonds. The average molecular weight is 401 g/mol. The van der Waals surface area contributed by atoms with Crippen LogP contribution in [0.1, 0.15) is 44.3 Å². The van der Waals surface area contributed by atoms with Crippen LogP contribution in [0.25, 0.3) is 22.0 Å². The van der Waals surface area contributed by atoms with E-state index in [1.165, 1.54) is 48.4 Å². The topological polar surface area (TPSA) is 41.1 Å². The molecule has 0 radical (unpaired) electrons. The molecule has 4 nitrogen and oxygen atoms in total. The third-order valence-electron chi connectivity index (χ3n) is 7.17. The average Bonchev–Trinajstić information content (AvgIpc) is 3.29. The van der Waals surface area contributed by atoms with E-state index in [1.54, 1.807) is 0 Å². The number of benzene rings is 2. The minimum Gasteiger partial charge on any atom is -0.316 e. The van der Waals surface area contributed by atoms with Crippen LogP contribution in [-0.4, -0.2) is 47.6 Å². The standard InChI is InChI=1S/C26H32N4/c1-30(23-9-3-2-4-10-23)19-26(14-16-27-18-26)25-28-15-13-24(29-25)22-12-11-20-7-5-6-8-21(20)17-22/h5-8,11-13,15,17,23,27H,2-4,9-10,14,16,18-19H2,1H3/t26-/m1/s1. The molecule has 1 aliphatic heterocycles. The van der Waals surface area contributed by atoms with E-state index in [9.17, 15) is 0 Å². The fraction of sp³-hybridized carbons (Fsp3) is 0.462. The van der Waals surface area contributed by atoms with Gasteiger partial charge in [0.25, 0.3) is 0 Å². The Morgan fingerprint density at radius 1 is 1.03 bits per heavy atom. The van der Waals surface area contributed by atoms with Crippen molar-refractivity contribution in [2.24, 2.45) is 0 Å². The number of fused-ring (bicyclic) bond motifs is 1. The van der Waals surface area contributed by atoms with Crippen molar-refractivity contribution in [2.75, 3.05) is 26.7 Å². The second kappa shape index (κ2) is 8.44. The second-order valence-corrected chi connectivity index (χ2v) is 9.24. The molecule has 4 heteroatoms. The smallest absolute Gasteiger partial charge is 0.137 e. The molecule has 0 spiro atoms. The lowest BCUT2D eigenvalue weighted by Crippen LogP contribution is -2.46. The molecule has 2 aliphatic rings. The fourth-order valence-electron chi connectivity index (χ4n) is 5.39. The number of hydrogen-bond donors (Lipinski definition) is 1. The normalized spacial score (nSPS) is 22.7. The van der Waals surface area contributed by atoms with E-state index in [0.717, 1.165) is 37.6 Å². The van der Waals surface area contributed by atoms with Gasteiger partial charge in [0, 0.05) is 30.9 Å². The van der Waals surface area contributed by atoms with Gasteiger partial charge in [-0.2, -0.15) is 0 Å². The van der Waals surface area contributed by atoms with Gasteiger partial charge < -0.3 is 10.2 Å². The van der Waals surface area contributed by atoms with Crippen LogP contribution >= 0.6 is 0 Å². The first kappa shape index (κ1) is 19.7. The second-order valence-electron chi connectivity index (χ2n) is 9.24. The number of rotatable bonds is 5. The van der Waals surface area contributed by atoms with E-state index < -0.39 is 0 Å². The molecule has 1 saturated carbocycles. The summed E-state index contributed by atoms with van der Waals surface area (Å²) >= 11 is 0. The SMILES string of the molecule is CN(C[C@@]1(c2nccc(-c3ccc4ccccc4c3)n2)CCNC1)C1CCCCC1. The molecule has 2 aromatic carbocycles. The number of hydrogen-bond acceptors (Lipinski definition) is 4. The number of nitrogens with one attached hydrogen (secondary N) is 1. The van der Waals surface area contributed by atoms with Crippen LogP contribution in [-0.2, 0) is 5.41 Å². The van der Waals surface area contributed by atoms with Crippen molar-refractivity contribution >= 4 is 10.8 Å². The maximum atomic E-state index is 5.12. The Kier molecular flexibility index (Phi) is 5.53. The molecule has 5 rings (SSSR count). The molecule has 1 atom stereocenters. The van der Waals surface area contributed by atoms with E-state index in [-0.39, 0.29) is 5.41 Å². The van der Waals surface area contributed by atoms with Crippen molar-refractivity contribution < 1.29 is 0 Å². The zero-order valence-corrected chi connectivity index (χ0v) is 18.0. The summed E-state index contributed by atoms with van der Waals surface area (Å²) in [6, 6.07) is 17.9. The van der Waals surface area contributed by atoms with Gasteiger partial charge >= 0.3 is 0 Å². The first-order valence-corrected chi connectivity index (χ1v) is 11.5. The van der Waals surface area contributed by atoms with Crippen LogP contribution in [0.5, 0.6) is 0 Å². The predicted molar refractivity (Wildman–Crippen MR) is 124 cm³/mol. The summed E-state index contributed by atoms with van der Waals surface area (Å²) in [7, 11) is 2.31. The lowest BCUT2D eigenvalue weighted by atomic mass is 9.83. The highest BCUT2D eigenvalue weighted by molar-refractivity contribution is 5.86. The van der Waals surface area contributed by atoms with Crippen molar-refractivity contribution in [3.8, 4) is 11.3 Å². The summed E-state index contributed by atoms with van der Waals surface area (Å²) in [5.74, 6) is 1.00. The van der Waals surface area contributed by atoms with Crippen molar-refractivity contribution in [1.82, 2.24) is 20.2 Å². The molecule has 2 heterocycles. The Balaban J connectivity index is 1.45. The molecule has 156 valence electrons. The first-order valence-electron chi connectivity index (χ1n) is 11.5. The van der Waals surface area contributed by atoms with Gasteiger partial charge in [-0.25, -0.2) is 9.97 Å². The van der Waals surface area contributed by atoms with E-state index >= 15 is 0 Å². The molecule has 0 unspecified atom stereocenters. The Morgan fingerprint density at radius 2 is 1.87 bits per heavy atom. The Labute approximate surface area is 179 Å². The van der Waals surface area contributed by atoms with E-state index in [1.807, 2.05) is 6.20 Å². The monoisotopic (exact) mass is 400 g/mol. The van der Waals surface area contributed by atoms with Crippen LogP contribution in [0.15, 0.2) is 54.7 Å². The van der Waals surface area contributed by atoms with Crippen LogP contribution in [0.4, 0.5) is 0 Å². The summed E-state index contributed by atoms with van der Waals surface area (Å²) in [6.45, 7) is 3.04. The molecule has 2 fully saturated rings. The number of nitrogens with zero attached hydrogens (tertiary/aromatic N) is 3. The van der Waals surface area contributed by atoms with Crippen LogP contribution in [0.2, 0.25) is 0 Å². The van der Waals surface area contributed by atoms with Crippen molar-refractivity contribution in [3.05, 3.63) is 60.6 Å². The number of likely N-dealkylation sites (N-methyl/N-ethyl adjacent to an activating group) is 1. The highest BCUT2D eigenvalue weighted by Crippen LogP contribution is 2.33. The summed E-state index contributed by atoms with van der Waals surface area (Å²) in [5.41, 5.74) is 2.19.